The highest BCUT2D eigenvalue weighted by Crippen LogP contribution is 2.45. The minimum atomic E-state index is 1.15. The van der Waals surface area contributed by atoms with Crippen LogP contribution in [-0.2, 0) is 12.8 Å². The van der Waals surface area contributed by atoms with E-state index < -0.39 is 0 Å². The summed E-state index contributed by atoms with van der Waals surface area (Å²) in [6.07, 6.45) is 4.80. The molecule has 140 valence electrons. The van der Waals surface area contributed by atoms with E-state index in [1.54, 1.807) is 11.1 Å². The molecule has 0 bridgehead atoms. The predicted molar refractivity (Wildman–Crippen MR) is 120 cm³/mol. The molecule has 0 spiro atoms. The normalized spacial score (nSPS) is 13.7. The highest BCUT2D eigenvalue weighted by Gasteiger charge is 2.27. The van der Waals surface area contributed by atoms with Gasteiger partial charge in [0.1, 0.15) is 0 Å². The van der Waals surface area contributed by atoms with Crippen molar-refractivity contribution in [1.29, 1.82) is 0 Å². The molecule has 0 amide bonds. The number of hydrogen-bond acceptors (Lipinski definition) is 0. The fourth-order valence-corrected chi connectivity index (χ4v) is 4.27. The zero-order chi connectivity index (χ0) is 19.4. The lowest BCUT2D eigenvalue weighted by molar-refractivity contribution is 0.903. The minimum Gasteiger partial charge on any atom is -0.0683 e. The SMILES string of the molecule is CC.CCC.Cc1ccc2c3c(ccc2c1)C1=C(CC3)Cc2ccccc21. The Morgan fingerprint density at radius 3 is 2.33 bits per heavy atom. The Hall–Kier alpha value is -2.34. The van der Waals surface area contributed by atoms with E-state index in [1.165, 1.54) is 57.9 Å². The summed E-state index contributed by atoms with van der Waals surface area (Å²) in [4.78, 5) is 0. The van der Waals surface area contributed by atoms with Crippen LogP contribution in [0.25, 0.3) is 16.3 Å². The van der Waals surface area contributed by atoms with Gasteiger partial charge in [0.15, 0.2) is 0 Å². The van der Waals surface area contributed by atoms with Crippen molar-refractivity contribution in [2.45, 2.75) is 60.3 Å². The second kappa shape index (κ2) is 8.57. The second-order valence-corrected chi connectivity index (χ2v) is 7.34. The maximum Gasteiger partial charge on any atom is -0.00514 e. The first kappa shape index (κ1) is 19.4. The first-order chi connectivity index (χ1) is 13.2. The topological polar surface area (TPSA) is 0 Å². The molecule has 0 heteroatoms. The Morgan fingerprint density at radius 2 is 1.56 bits per heavy atom. The van der Waals surface area contributed by atoms with Gasteiger partial charge in [-0.25, -0.2) is 0 Å². The van der Waals surface area contributed by atoms with Crippen LogP contribution in [0.15, 0.2) is 60.2 Å². The summed E-state index contributed by atoms with van der Waals surface area (Å²) >= 11 is 0. The van der Waals surface area contributed by atoms with Gasteiger partial charge < -0.3 is 0 Å². The molecule has 0 N–H and O–H groups in total. The van der Waals surface area contributed by atoms with E-state index in [4.69, 9.17) is 0 Å². The number of rotatable bonds is 0. The molecule has 0 aromatic heterocycles. The summed E-state index contributed by atoms with van der Waals surface area (Å²) in [6, 6.07) is 20.5. The van der Waals surface area contributed by atoms with E-state index >= 15 is 0 Å². The molecule has 0 fully saturated rings. The van der Waals surface area contributed by atoms with Crippen molar-refractivity contribution in [3.05, 3.63) is 88.0 Å². The Labute approximate surface area is 164 Å². The van der Waals surface area contributed by atoms with Gasteiger partial charge in [0.05, 0.1) is 0 Å². The molecule has 0 atom stereocenters. The first-order valence-corrected chi connectivity index (χ1v) is 10.6. The molecule has 5 rings (SSSR count). The van der Waals surface area contributed by atoms with Gasteiger partial charge in [0.2, 0.25) is 0 Å². The Balaban J connectivity index is 0.000000386. The summed E-state index contributed by atoms with van der Waals surface area (Å²) in [5, 5.41) is 2.83. The van der Waals surface area contributed by atoms with Crippen LogP contribution in [0, 0.1) is 6.92 Å². The molecule has 0 heterocycles. The molecule has 27 heavy (non-hydrogen) atoms. The number of aryl methyl sites for hydroxylation is 2. The van der Waals surface area contributed by atoms with Crippen LogP contribution in [0.2, 0.25) is 0 Å². The van der Waals surface area contributed by atoms with Crippen LogP contribution < -0.4 is 0 Å². The van der Waals surface area contributed by atoms with Gasteiger partial charge in [-0.05, 0) is 64.8 Å². The molecule has 0 radical (unpaired) electrons. The van der Waals surface area contributed by atoms with E-state index in [0.717, 1.165) is 6.42 Å². The minimum absolute atomic E-state index is 1.15. The largest absolute Gasteiger partial charge is 0.0683 e. The standard InChI is InChI=1S/C22H18.C3H8.C2H6/c1-14-6-9-18-16(12-14)7-11-21-20(18)10-8-17-13-15-4-2-3-5-19(15)22(17)21;1-3-2;1-2/h2-7,9,11-12H,8,10,13H2,1H3;3H2,1-2H3;1-2H3. The number of hydrogen-bond donors (Lipinski definition) is 0. The summed E-state index contributed by atoms with van der Waals surface area (Å²) in [7, 11) is 0. The Kier molecular flexibility index (Phi) is 6.16. The van der Waals surface area contributed by atoms with Gasteiger partial charge in [-0.3, -0.25) is 0 Å². The molecule has 0 saturated carbocycles. The fourth-order valence-electron chi connectivity index (χ4n) is 4.27. The highest BCUT2D eigenvalue weighted by atomic mass is 14.3. The Bertz CT molecular complexity index is 972. The van der Waals surface area contributed by atoms with Crippen molar-refractivity contribution in [1.82, 2.24) is 0 Å². The molecular formula is C27H32. The average Bonchev–Trinajstić information content (AvgIpc) is 3.08. The smallest absolute Gasteiger partial charge is 0.00514 e. The molecule has 2 aliphatic rings. The van der Waals surface area contributed by atoms with Crippen LogP contribution in [0.5, 0.6) is 0 Å². The third kappa shape index (κ3) is 3.58. The van der Waals surface area contributed by atoms with Gasteiger partial charge in [-0.1, -0.05) is 99.8 Å². The third-order valence-electron chi connectivity index (χ3n) is 5.28. The van der Waals surface area contributed by atoms with Crippen LogP contribution >= 0.6 is 0 Å². The monoisotopic (exact) mass is 356 g/mol. The quantitative estimate of drug-likeness (QED) is 0.384. The first-order valence-electron chi connectivity index (χ1n) is 10.6. The van der Waals surface area contributed by atoms with Gasteiger partial charge in [-0.2, -0.15) is 0 Å². The van der Waals surface area contributed by atoms with Gasteiger partial charge in [0, 0.05) is 0 Å². The van der Waals surface area contributed by atoms with E-state index in [2.05, 4.69) is 75.4 Å². The molecule has 0 unspecified atom stereocenters. The van der Waals surface area contributed by atoms with Crippen LogP contribution in [0.1, 0.15) is 68.4 Å². The average molecular weight is 357 g/mol. The summed E-state index contributed by atoms with van der Waals surface area (Å²) in [6.45, 7) is 10.4. The van der Waals surface area contributed by atoms with Crippen molar-refractivity contribution in [3.63, 3.8) is 0 Å². The summed E-state index contributed by atoms with van der Waals surface area (Å²) < 4.78 is 0. The lowest BCUT2D eigenvalue weighted by Crippen LogP contribution is -2.04. The zero-order valence-electron chi connectivity index (χ0n) is 17.5. The molecule has 3 aromatic carbocycles. The Morgan fingerprint density at radius 1 is 0.815 bits per heavy atom. The summed E-state index contributed by atoms with van der Waals surface area (Å²) in [5.41, 5.74) is 10.5. The van der Waals surface area contributed by atoms with Crippen molar-refractivity contribution in [2.24, 2.45) is 0 Å². The third-order valence-corrected chi connectivity index (χ3v) is 5.28. The maximum atomic E-state index is 2.35. The van der Waals surface area contributed by atoms with Crippen LogP contribution in [0.3, 0.4) is 0 Å². The second-order valence-electron chi connectivity index (χ2n) is 7.34. The molecule has 0 saturated heterocycles. The number of allylic oxidation sites excluding steroid dienone is 1. The summed E-state index contributed by atoms with van der Waals surface area (Å²) in [5.74, 6) is 0. The van der Waals surface area contributed by atoms with Gasteiger partial charge in [0.25, 0.3) is 0 Å². The van der Waals surface area contributed by atoms with Gasteiger partial charge in [-0.15, -0.1) is 0 Å². The van der Waals surface area contributed by atoms with E-state index in [1.807, 2.05) is 13.8 Å². The number of benzene rings is 3. The van der Waals surface area contributed by atoms with Crippen molar-refractivity contribution < 1.29 is 0 Å². The van der Waals surface area contributed by atoms with Gasteiger partial charge >= 0.3 is 0 Å². The maximum absolute atomic E-state index is 2.35. The lowest BCUT2D eigenvalue weighted by Gasteiger charge is -2.21. The highest BCUT2D eigenvalue weighted by molar-refractivity contribution is 5.97. The van der Waals surface area contributed by atoms with Crippen LogP contribution in [-0.4, -0.2) is 0 Å². The molecule has 0 nitrogen and oxygen atoms in total. The van der Waals surface area contributed by atoms with Crippen molar-refractivity contribution in [3.8, 4) is 0 Å². The number of fused-ring (bicyclic) bond motifs is 6. The van der Waals surface area contributed by atoms with E-state index in [9.17, 15) is 0 Å². The lowest BCUT2D eigenvalue weighted by atomic mass is 9.82. The van der Waals surface area contributed by atoms with Crippen molar-refractivity contribution >= 4 is 16.3 Å². The molecular weight excluding hydrogens is 324 g/mol. The fraction of sp³-hybridized carbons (Fsp3) is 0.333. The molecule has 2 aliphatic carbocycles. The predicted octanol–water partition coefficient (Wildman–Crippen LogP) is 7.89. The van der Waals surface area contributed by atoms with E-state index in [-0.39, 0.29) is 0 Å². The van der Waals surface area contributed by atoms with Crippen molar-refractivity contribution in [2.75, 3.05) is 0 Å². The molecule has 0 aliphatic heterocycles. The molecule has 3 aromatic rings. The zero-order valence-corrected chi connectivity index (χ0v) is 17.5. The van der Waals surface area contributed by atoms with Crippen LogP contribution in [0.4, 0.5) is 0 Å². The van der Waals surface area contributed by atoms with E-state index in [0.29, 0.717) is 0 Å².